The van der Waals surface area contributed by atoms with E-state index in [0.717, 1.165) is 0 Å². The molecule has 1 unspecified atom stereocenters. The zero-order valence-corrected chi connectivity index (χ0v) is 9.06. The van der Waals surface area contributed by atoms with Gasteiger partial charge in [-0.25, -0.2) is 4.79 Å². The standard InChI is InChI=1S/C11H13NO4/c1-7(16-2)10(13)12-9-5-3-8(4-6-9)11(14)15/h3-7H,1-2H3,(H,12,13)(H,14,15). The maximum absolute atomic E-state index is 11.4. The van der Waals surface area contributed by atoms with Gasteiger partial charge in [-0.1, -0.05) is 0 Å². The predicted molar refractivity (Wildman–Crippen MR) is 58.5 cm³/mol. The van der Waals surface area contributed by atoms with Crippen LogP contribution in [0.4, 0.5) is 5.69 Å². The minimum Gasteiger partial charge on any atom is -0.478 e. The molecule has 1 aromatic carbocycles. The molecule has 0 radical (unpaired) electrons. The first-order valence-corrected chi connectivity index (χ1v) is 4.71. The molecular formula is C11H13NO4. The number of carbonyl (C=O) groups excluding carboxylic acids is 1. The number of nitrogens with one attached hydrogen (secondary N) is 1. The van der Waals surface area contributed by atoms with Gasteiger partial charge < -0.3 is 15.2 Å². The third-order valence-electron chi connectivity index (χ3n) is 2.12. The number of aromatic carboxylic acids is 1. The van der Waals surface area contributed by atoms with Crippen LogP contribution >= 0.6 is 0 Å². The van der Waals surface area contributed by atoms with Gasteiger partial charge in [-0.05, 0) is 31.2 Å². The molecule has 0 saturated heterocycles. The third-order valence-corrected chi connectivity index (χ3v) is 2.12. The summed E-state index contributed by atoms with van der Waals surface area (Å²) in [6, 6.07) is 5.91. The molecule has 2 N–H and O–H groups in total. The number of rotatable bonds is 4. The van der Waals surface area contributed by atoms with Gasteiger partial charge in [0.05, 0.1) is 5.56 Å². The molecule has 1 atom stereocenters. The number of methoxy groups -OCH3 is 1. The quantitative estimate of drug-likeness (QED) is 0.808. The summed E-state index contributed by atoms with van der Waals surface area (Å²) in [7, 11) is 1.44. The highest BCUT2D eigenvalue weighted by atomic mass is 16.5. The zero-order chi connectivity index (χ0) is 12.1. The van der Waals surface area contributed by atoms with Gasteiger partial charge in [0.2, 0.25) is 0 Å². The van der Waals surface area contributed by atoms with Gasteiger partial charge in [0.1, 0.15) is 6.10 Å². The number of benzene rings is 1. The van der Waals surface area contributed by atoms with Gasteiger partial charge >= 0.3 is 5.97 Å². The molecule has 0 aliphatic heterocycles. The van der Waals surface area contributed by atoms with Crippen molar-refractivity contribution in [3.63, 3.8) is 0 Å². The van der Waals surface area contributed by atoms with Gasteiger partial charge in [0, 0.05) is 12.8 Å². The first-order chi connectivity index (χ1) is 7.54. The minimum atomic E-state index is -0.997. The van der Waals surface area contributed by atoms with Crippen molar-refractivity contribution in [2.75, 3.05) is 12.4 Å². The Bertz CT molecular complexity index is 385. The van der Waals surface area contributed by atoms with E-state index in [1.54, 1.807) is 6.92 Å². The van der Waals surface area contributed by atoms with E-state index in [9.17, 15) is 9.59 Å². The maximum Gasteiger partial charge on any atom is 0.335 e. The number of carboxylic acid groups (broad SMARTS) is 1. The Labute approximate surface area is 93.0 Å². The Balaban J connectivity index is 2.69. The molecule has 0 aliphatic carbocycles. The summed E-state index contributed by atoms with van der Waals surface area (Å²) in [4.78, 5) is 22.0. The monoisotopic (exact) mass is 223 g/mol. The van der Waals surface area contributed by atoms with Crippen LogP contribution in [0.25, 0.3) is 0 Å². The number of amides is 1. The highest BCUT2D eigenvalue weighted by Crippen LogP contribution is 2.10. The van der Waals surface area contributed by atoms with Crippen molar-refractivity contribution in [1.82, 2.24) is 0 Å². The van der Waals surface area contributed by atoms with Gasteiger partial charge in [-0.15, -0.1) is 0 Å². The fraction of sp³-hybridized carbons (Fsp3) is 0.273. The third kappa shape index (κ3) is 3.06. The SMILES string of the molecule is COC(C)C(=O)Nc1ccc(C(=O)O)cc1. The number of ether oxygens (including phenoxy) is 1. The lowest BCUT2D eigenvalue weighted by molar-refractivity contribution is -0.124. The van der Waals surface area contributed by atoms with Crippen molar-refractivity contribution in [2.24, 2.45) is 0 Å². The summed E-state index contributed by atoms with van der Waals surface area (Å²) >= 11 is 0. The van der Waals surface area contributed by atoms with Crippen LogP contribution in [0.2, 0.25) is 0 Å². The number of carbonyl (C=O) groups is 2. The Hall–Kier alpha value is -1.88. The van der Waals surface area contributed by atoms with Crippen LogP contribution < -0.4 is 5.32 Å². The lowest BCUT2D eigenvalue weighted by Crippen LogP contribution is -2.26. The van der Waals surface area contributed by atoms with Gasteiger partial charge in [0.25, 0.3) is 5.91 Å². The molecule has 16 heavy (non-hydrogen) atoms. The molecule has 0 heterocycles. The number of hydrogen-bond acceptors (Lipinski definition) is 3. The molecule has 0 spiro atoms. The van der Waals surface area contributed by atoms with Crippen LogP contribution in [0.1, 0.15) is 17.3 Å². The smallest absolute Gasteiger partial charge is 0.335 e. The molecule has 1 amide bonds. The van der Waals surface area contributed by atoms with Crippen LogP contribution in [0, 0.1) is 0 Å². The number of anilines is 1. The molecule has 5 nitrogen and oxygen atoms in total. The average molecular weight is 223 g/mol. The van der Waals surface area contributed by atoms with Crippen LogP contribution in [-0.2, 0) is 9.53 Å². The van der Waals surface area contributed by atoms with Gasteiger partial charge in [0.15, 0.2) is 0 Å². The Kier molecular flexibility index (Phi) is 4.02. The second-order valence-electron chi connectivity index (χ2n) is 3.25. The summed E-state index contributed by atoms with van der Waals surface area (Å²) in [5.74, 6) is -1.27. The van der Waals surface area contributed by atoms with Crippen molar-refractivity contribution >= 4 is 17.6 Å². The summed E-state index contributed by atoms with van der Waals surface area (Å²) in [6.07, 6.45) is -0.542. The predicted octanol–water partition coefficient (Wildman–Crippen LogP) is 1.36. The normalized spacial score (nSPS) is 11.9. The van der Waals surface area contributed by atoms with Crippen molar-refractivity contribution in [1.29, 1.82) is 0 Å². The second kappa shape index (κ2) is 5.27. The van der Waals surface area contributed by atoms with Crippen LogP contribution in [0.3, 0.4) is 0 Å². The van der Waals surface area contributed by atoms with Crippen LogP contribution in [0.5, 0.6) is 0 Å². The highest BCUT2D eigenvalue weighted by molar-refractivity contribution is 5.94. The zero-order valence-electron chi connectivity index (χ0n) is 9.06. The van der Waals surface area contributed by atoms with E-state index in [2.05, 4.69) is 5.32 Å². The van der Waals surface area contributed by atoms with Crippen molar-refractivity contribution in [3.05, 3.63) is 29.8 Å². The first-order valence-electron chi connectivity index (χ1n) is 4.71. The Morgan fingerprint density at radius 1 is 1.31 bits per heavy atom. The first kappa shape index (κ1) is 12.2. The largest absolute Gasteiger partial charge is 0.478 e. The lowest BCUT2D eigenvalue weighted by atomic mass is 10.2. The van der Waals surface area contributed by atoms with Gasteiger partial charge in [-0.2, -0.15) is 0 Å². The lowest BCUT2D eigenvalue weighted by Gasteiger charge is -2.10. The molecule has 1 rings (SSSR count). The van der Waals surface area contributed by atoms with E-state index in [0.29, 0.717) is 5.69 Å². The number of carboxylic acids is 1. The van der Waals surface area contributed by atoms with Crippen molar-refractivity contribution in [2.45, 2.75) is 13.0 Å². The fourth-order valence-electron chi connectivity index (χ4n) is 1.05. The van der Waals surface area contributed by atoms with E-state index >= 15 is 0 Å². The maximum atomic E-state index is 11.4. The van der Waals surface area contributed by atoms with Crippen molar-refractivity contribution in [3.8, 4) is 0 Å². The summed E-state index contributed by atoms with van der Waals surface area (Å²) in [6.45, 7) is 1.63. The Morgan fingerprint density at radius 2 is 1.88 bits per heavy atom. The number of hydrogen-bond donors (Lipinski definition) is 2. The second-order valence-corrected chi connectivity index (χ2v) is 3.25. The van der Waals surface area contributed by atoms with E-state index in [1.807, 2.05) is 0 Å². The molecule has 0 saturated carbocycles. The molecule has 0 bridgehead atoms. The molecular weight excluding hydrogens is 210 g/mol. The topological polar surface area (TPSA) is 75.6 Å². The molecule has 1 aromatic rings. The van der Waals surface area contributed by atoms with E-state index in [-0.39, 0.29) is 11.5 Å². The molecule has 0 fully saturated rings. The molecule has 0 aromatic heterocycles. The van der Waals surface area contributed by atoms with Crippen LogP contribution in [0.15, 0.2) is 24.3 Å². The fourth-order valence-corrected chi connectivity index (χ4v) is 1.05. The minimum absolute atomic E-state index is 0.179. The average Bonchev–Trinajstić information content (AvgIpc) is 2.28. The highest BCUT2D eigenvalue weighted by Gasteiger charge is 2.11. The van der Waals surface area contributed by atoms with E-state index in [1.165, 1.54) is 31.4 Å². The molecule has 5 heteroatoms. The van der Waals surface area contributed by atoms with E-state index < -0.39 is 12.1 Å². The summed E-state index contributed by atoms with van der Waals surface area (Å²) < 4.78 is 4.84. The van der Waals surface area contributed by atoms with Gasteiger partial charge in [-0.3, -0.25) is 4.79 Å². The Morgan fingerprint density at radius 3 is 2.31 bits per heavy atom. The summed E-state index contributed by atoms with van der Waals surface area (Å²) in [5.41, 5.74) is 0.719. The molecule has 86 valence electrons. The van der Waals surface area contributed by atoms with Crippen molar-refractivity contribution < 1.29 is 19.4 Å². The van der Waals surface area contributed by atoms with Crippen LogP contribution in [-0.4, -0.2) is 30.2 Å². The molecule has 0 aliphatic rings. The van der Waals surface area contributed by atoms with E-state index in [4.69, 9.17) is 9.84 Å². The summed E-state index contributed by atoms with van der Waals surface area (Å²) in [5, 5.41) is 11.3.